The molecule has 0 unspecified atom stereocenters. The quantitative estimate of drug-likeness (QED) is 0.794. The Morgan fingerprint density at radius 1 is 1.31 bits per heavy atom. The van der Waals surface area contributed by atoms with Crippen molar-refractivity contribution in [3.8, 4) is 5.75 Å². The number of para-hydroxylation sites is 1. The van der Waals surface area contributed by atoms with Crippen LogP contribution in [0, 0.1) is 0 Å². The molecule has 1 rings (SSSR count). The number of nitrogens with zero attached hydrogens (tertiary/aromatic N) is 1. The molecule has 0 fully saturated rings. The minimum absolute atomic E-state index is 0.159. The molecule has 0 heterocycles. The van der Waals surface area contributed by atoms with Crippen LogP contribution in [0.2, 0.25) is 0 Å². The van der Waals surface area contributed by atoms with E-state index in [9.17, 15) is 9.59 Å². The topological polar surface area (TPSA) is 66.8 Å². The van der Waals surface area contributed by atoms with Crippen molar-refractivity contribution in [2.45, 2.75) is 0 Å². The Kier molecular flexibility index (Phi) is 4.32. The van der Waals surface area contributed by atoms with E-state index >= 15 is 0 Å². The number of carbonyl (C=O) groups is 2. The van der Waals surface area contributed by atoms with Crippen molar-refractivity contribution in [2.24, 2.45) is 0 Å². The highest BCUT2D eigenvalue weighted by atomic mass is 16.5. The lowest BCUT2D eigenvalue weighted by molar-refractivity contribution is -0.144. The molecule has 1 amide bonds. The number of ether oxygens (including phenoxy) is 1. The Hall–Kier alpha value is -2.04. The van der Waals surface area contributed by atoms with Crippen molar-refractivity contribution < 1.29 is 19.4 Å². The summed E-state index contributed by atoms with van der Waals surface area (Å²) in [5.74, 6) is -0.832. The molecular formula is C11H13NO4. The lowest BCUT2D eigenvalue weighted by Crippen LogP contribution is -2.35. The number of carboxylic acid groups (broad SMARTS) is 1. The van der Waals surface area contributed by atoms with Gasteiger partial charge < -0.3 is 14.7 Å². The molecule has 0 aliphatic carbocycles. The van der Waals surface area contributed by atoms with Crippen molar-refractivity contribution in [1.82, 2.24) is 4.90 Å². The minimum Gasteiger partial charge on any atom is -0.484 e. The van der Waals surface area contributed by atoms with E-state index in [-0.39, 0.29) is 19.1 Å². The Balaban J connectivity index is 2.38. The number of hydrogen-bond acceptors (Lipinski definition) is 3. The number of rotatable bonds is 5. The zero-order valence-electron chi connectivity index (χ0n) is 8.92. The van der Waals surface area contributed by atoms with Crippen LogP contribution in [0.5, 0.6) is 5.75 Å². The molecule has 0 saturated carbocycles. The number of amides is 1. The van der Waals surface area contributed by atoms with Crippen molar-refractivity contribution in [3.63, 3.8) is 0 Å². The third-order valence-electron chi connectivity index (χ3n) is 1.90. The first-order chi connectivity index (χ1) is 7.59. The average molecular weight is 223 g/mol. The van der Waals surface area contributed by atoms with Gasteiger partial charge in [0.15, 0.2) is 6.61 Å². The van der Waals surface area contributed by atoms with Crippen LogP contribution in [-0.4, -0.2) is 42.1 Å². The van der Waals surface area contributed by atoms with Crippen LogP contribution in [0.25, 0.3) is 0 Å². The molecule has 0 atom stereocenters. The average Bonchev–Trinajstić information content (AvgIpc) is 2.26. The largest absolute Gasteiger partial charge is 0.484 e. The summed E-state index contributed by atoms with van der Waals surface area (Å²) in [6.07, 6.45) is 0. The van der Waals surface area contributed by atoms with Gasteiger partial charge in [0.05, 0.1) is 0 Å². The van der Waals surface area contributed by atoms with E-state index in [2.05, 4.69) is 0 Å². The smallest absolute Gasteiger partial charge is 0.323 e. The lowest BCUT2D eigenvalue weighted by Gasteiger charge is -2.14. The maximum Gasteiger partial charge on any atom is 0.323 e. The van der Waals surface area contributed by atoms with Crippen LogP contribution >= 0.6 is 0 Å². The minimum atomic E-state index is -1.05. The molecule has 0 radical (unpaired) electrons. The third kappa shape index (κ3) is 4.00. The van der Waals surface area contributed by atoms with Gasteiger partial charge in [-0.15, -0.1) is 0 Å². The predicted molar refractivity (Wildman–Crippen MR) is 57.2 cm³/mol. The summed E-state index contributed by atoms with van der Waals surface area (Å²) >= 11 is 0. The Morgan fingerprint density at radius 3 is 2.50 bits per heavy atom. The van der Waals surface area contributed by atoms with E-state index < -0.39 is 5.97 Å². The summed E-state index contributed by atoms with van der Waals surface area (Å²) < 4.78 is 5.19. The van der Waals surface area contributed by atoms with Gasteiger partial charge in [-0.3, -0.25) is 9.59 Å². The Morgan fingerprint density at radius 2 is 1.94 bits per heavy atom. The molecule has 5 nitrogen and oxygen atoms in total. The van der Waals surface area contributed by atoms with Crippen molar-refractivity contribution >= 4 is 11.9 Å². The molecule has 1 aromatic rings. The third-order valence-corrected chi connectivity index (χ3v) is 1.90. The molecule has 0 aliphatic heterocycles. The fraction of sp³-hybridized carbons (Fsp3) is 0.273. The summed E-state index contributed by atoms with van der Waals surface area (Å²) in [5, 5.41) is 8.48. The molecule has 1 N–H and O–H groups in total. The first-order valence-corrected chi connectivity index (χ1v) is 4.73. The zero-order chi connectivity index (χ0) is 12.0. The summed E-state index contributed by atoms with van der Waals surface area (Å²) in [4.78, 5) is 22.8. The van der Waals surface area contributed by atoms with Gasteiger partial charge in [-0.25, -0.2) is 0 Å². The van der Waals surface area contributed by atoms with Gasteiger partial charge in [-0.05, 0) is 12.1 Å². The Labute approximate surface area is 93.2 Å². The van der Waals surface area contributed by atoms with Crippen LogP contribution in [0.3, 0.4) is 0 Å². The zero-order valence-corrected chi connectivity index (χ0v) is 8.92. The van der Waals surface area contributed by atoms with Crippen LogP contribution in [0.15, 0.2) is 30.3 Å². The number of carbonyl (C=O) groups excluding carboxylic acids is 1. The number of benzene rings is 1. The highest BCUT2D eigenvalue weighted by molar-refractivity contribution is 5.82. The highest BCUT2D eigenvalue weighted by Gasteiger charge is 2.12. The monoisotopic (exact) mass is 223 g/mol. The number of carboxylic acids is 1. The van der Waals surface area contributed by atoms with Crippen LogP contribution < -0.4 is 4.74 Å². The van der Waals surface area contributed by atoms with Gasteiger partial charge in [0, 0.05) is 7.05 Å². The first kappa shape index (κ1) is 12.0. The fourth-order valence-corrected chi connectivity index (χ4v) is 1.06. The molecule has 0 bridgehead atoms. The van der Waals surface area contributed by atoms with Gasteiger partial charge in [-0.1, -0.05) is 18.2 Å². The van der Waals surface area contributed by atoms with Gasteiger partial charge >= 0.3 is 5.97 Å². The van der Waals surface area contributed by atoms with Crippen LogP contribution in [0.4, 0.5) is 0 Å². The van der Waals surface area contributed by atoms with Gasteiger partial charge in [0.2, 0.25) is 0 Å². The standard InChI is InChI=1S/C11H13NO4/c1-12(7-11(14)15)10(13)8-16-9-5-3-2-4-6-9/h2-6H,7-8H2,1H3,(H,14,15). The van der Waals surface area contributed by atoms with Crippen molar-refractivity contribution in [1.29, 1.82) is 0 Å². The number of likely N-dealkylation sites (N-methyl/N-ethyl adjacent to an activating group) is 1. The molecule has 0 aromatic heterocycles. The summed E-state index contributed by atoms with van der Waals surface area (Å²) in [6, 6.07) is 8.88. The van der Waals surface area contributed by atoms with Crippen LogP contribution in [-0.2, 0) is 9.59 Å². The van der Waals surface area contributed by atoms with E-state index in [0.717, 1.165) is 4.90 Å². The normalized spacial score (nSPS) is 9.56. The molecule has 0 saturated heterocycles. The molecule has 0 spiro atoms. The maximum atomic E-state index is 11.4. The number of hydrogen-bond donors (Lipinski definition) is 1. The van der Waals surface area contributed by atoms with E-state index in [1.54, 1.807) is 24.3 Å². The van der Waals surface area contributed by atoms with Gasteiger partial charge in [-0.2, -0.15) is 0 Å². The van der Waals surface area contributed by atoms with E-state index in [4.69, 9.17) is 9.84 Å². The lowest BCUT2D eigenvalue weighted by atomic mass is 10.3. The van der Waals surface area contributed by atoms with E-state index in [1.807, 2.05) is 6.07 Å². The number of aliphatic carboxylic acids is 1. The summed E-state index contributed by atoms with van der Waals surface area (Å²) in [7, 11) is 1.42. The first-order valence-electron chi connectivity index (χ1n) is 4.73. The second-order valence-electron chi connectivity index (χ2n) is 3.25. The maximum absolute atomic E-state index is 11.4. The van der Waals surface area contributed by atoms with E-state index in [1.165, 1.54) is 7.05 Å². The fourth-order valence-electron chi connectivity index (χ4n) is 1.06. The highest BCUT2D eigenvalue weighted by Crippen LogP contribution is 2.07. The molecule has 0 aliphatic rings. The summed E-state index contributed by atoms with van der Waals surface area (Å²) in [5.41, 5.74) is 0. The van der Waals surface area contributed by atoms with Gasteiger partial charge in [0.25, 0.3) is 5.91 Å². The molecule has 1 aromatic carbocycles. The second-order valence-corrected chi connectivity index (χ2v) is 3.25. The molecule has 5 heteroatoms. The molecule has 86 valence electrons. The van der Waals surface area contributed by atoms with Crippen molar-refractivity contribution in [2.75, 3.05) is 20.2 Å². The second kappa shape index (κ2) is 5.75. The molecule has 16 heavy (non-hydrogen) atoms. The van der Waals surface area contributed by atoms with Crippen LogP contribution in [0.1, 0.15) is 0 Å². The van der Waals surface area contributed by atoms with Crippen molar-refractivity contribution in [3.05, 3.63) is 30.3 Å². The summed E-state index contributed by atoms with van der Waals surface area (Å²) in [6.45, 7) is -0.481. The predicted octanol–water partition coefficient (Wildman–Crippen LogP) is 0.608. The molecular weight excluding hydrogens is 210 g/mol. The van der Waals surface area contributed by atoms with Gasteiger partial charge in [0.1, 0.15) is 12.3 Å². The Bertz CT molecular complexity index is 364. The SMILES string of the molecule is CN(CC(=O)O)C(=O)COc1ccccc1. The van der Waals surface area contributed by atoms with E-state index in [0.29, 0.717) is 5.75 Å².